The van der Waals surface area contributed by atoms with Gasteiger partial charge in [-0.25, -0.2) is 14.4 Å². The van der Waals surface area contributed by atoms with Crippen LogP contribution < -0.4 is 0 Å². The van der Waals surface area contributed by atoms with Gasteiger partial charge in [-0.05, 0) is 46.6 Å². The molecule has 4 nitrogen and oxygen atoms in total. The zero-order valence-corrected chi connectivity index (χ0v) is 15.0. The molecule has 1 saturated heterocycles. The SMILES string of the molecule is CC1(C)OB(C(F)=Cc2cnc(C3CCCCC3)nc2)OC1(C)C. The van der Waals surface area contributed by atoms with Crippen LogP contribution in [0, 0.1) is 0 Å². The molecule has 0 aromatic carbocycles. The fourth-order valence-corrected chi connectivity index (χ4v) is 3.18. The van der Waals surface area contributed by atoms with Crippen molar-refractivity contribution in [3.8, 4) is 0 Å². The molecule has 3 rings (SSSR count). The van der Waals surface area contributed by atoms with Crippen LogP contribution >= 0.6 is 0 Å². The minimum Gasteiger partial charge on any atom is -0.398 e. The van der Waals surface area contributed by atoms with E-state index in [9.17, 15) is 4.39 Å². The maximum Gasteiger partial charge on any atom is 0.525 e. The highest BCUT2D eigenvalue weighted by Crippen LogP contribution is 2.39. The van der Waals surface area contributed by atoms with Gasteiger partial charge in [0.05, 0.1) is 11.2 Å². The highest BCUT2D eigenvalue weighted by atomic mass is 19.1. The highest BCUT2D eigenvalue weighted by Gasteiger charge is 2.53. The molecule has 1 aliphatic heterocycles. The lowest BCUT2D eigenvalue weighted by Gasteiger charge is -2.32. The molecule has 2 fully saturated rings. The van der Waals surface area contributed by atoms with Gasteiger partial charge in [0.25, 0.3) is 0 Å². The Balaban J connectivity index is 1.69. The van der Waals surface area contributed by atoms with Crippen LogP contribution in [-0.2, 0) is 9.31 Å². The molecule has 0 N–H and O–H groups in total. The zero-order valence-electron chi connectivity index (χ0n) is 15.0. The third kappa shape index (κ3) is 3.54. The topological polar surface area (TPSA) is 44.2 Å². The van der Waals surface area contributed by atoms with Crippen LogP contribution in [-0.4, -0.2) is 28.3 Å². The summed E-state index contributed by atoms with van der Waals surface area (Å²) in [5.41, 5.74) is -0.932. The first kappa shape index (κ1) is 17.6. The zero-order chi connectivity index (χ0) is 17.4. The van der Waals surface area contributed by atoms with Crippen LogP contribution in [0.4, 0.5) is 4.39 Å². The van der Waals surface area contributed by atoms with Crippen molar-refractivity contribution >= 4 is 13.2 Å². The molecule has 2 heterocycles. The Morgan fingerprint density at radius 3 is 2.17 bits per heavy atom. The summed E-state index contributed by atoms with van der Waals surface area (Å²) in [6, 6.07) is 0. The molecule has 1 aromatic heterocycles. The molecule has 6 heteroatoms. The van der Waals surface area contributed by atoms with Crippen molar-refractivity contribution < 1.29 is 13.7 Å². The van der Waals surface area contributed by atoms with Crippen molar-refractivity contribution in [2.75, 3.05) is 0 Å². The molecule has 24 heavy (non-hydrogen) atoms. The largest absolute Gasteiger partial charge is 0.525 e. The van der Waals surface area contributed by atoms with E-state index in [1.165, 1.54) is 25.3 Å². The third-order valence-corrected chi connectivity index (χ3v) is 5.45. The van der Waals surface area contributed by atoms with E-state index in [1.807, 2.05) is 27.7 Å². The van der Waals surface area contributed by atoms with Crippen molar-refractivity contribution in [1.29, 1.82) is 0 Å². The summed E-state index contributed by atoms with van der Waals surface area (Å²) in [6.45, 7) is 7.62. The first-order valence-corrected chi connectivity index (χ1v) is 8.83. The fourth-order valence-electron chi connectivity index (χ4n) is 3.18. The molecule has 1 aromatic rings. The van der Waals surface area contributed by atoms with Gasteiger partial charge in [0, 0.05) is 23.9 Å². The molecule has 1 saturated carbocycles. The molecule has 0 amide bonds. The van der Waals surface area contributed by atoms with E-state index in [0.29, 0.717) is 11.5 Å². The summed E-state index contributed by atoms with van der Waals surface area (Å²) in [4.78, 5) is 8.87. The average molecular weight is 332 g/mol. The fraction of sp³-hybridized carbons (Fsp3) is 0.667. The number of nitrogens with zero attached hydrogens (tertiary/aromatic N) is 2. The minimum absolute atomic E-state index is 0.449. The van der Waals surface area contributed by atoms with Gasteiger partial charge in [0.1, 0.15) is 11.6 Å². The molecular weight excluding hydrogens is 306 g/mol. The second-order valence-corrected chi connectivity index (χ2v) is 7.83. The van der Waals surface area contributed by atoms with Crippen LogP contribution in [0.3, 0.4) is 0 Å². The van der Waals surface area contributed by atoms with E-state index >= 15 is 0 Å². The Morgan fingerprint density at radius 2 is 1.62 bits per heavy atom. The predicted molar refractivity (Wildman–Crippen MR) is 93.0 cm³/mol. The number of hydrogen-bond donors (Lipinski definition) is 0. The van der Waals surface area contributed by atoms with Gasteiger partial charge >= 0.3 is 7.12 Å². The average Bonchev–Trinajstić information content (AvgIpc) is 2.77. The molecule has 2 aliphatic rings. The number of halogens is 1. The first-order chi connectivity index (χ1) is 11.3. The third-order valence-electron chi connectivity index (χ3n) is 5.45. The lowest BCUT2D eigenvalue weighted by atomic mass is 9.87. The molecule has 0 bridgehead atoms. The maximum atomic E-state index is 14.5. The summed E-state index contributed by atoms with van der Waals surface area (Å²) in [5, 5.41) is 0. The Labute approximate surface area is 144 Å². The second-order valence-electron chi connectivity index (χ2n) is 7.83. The van der Waals surface area contributed by atoms with E-state index in [0.717, 1.165) is 18.7 Å². The summed E-state index contributed by atoms with van der Waals surface area (Å²) in [7, 11) is -0.979. The van der Waals surface area contributed by atoms with E-state index in [4.69, 9.17) is 9.31 Å². The summed E-state index contributed by atoms with van der Waals surface area (Å²) in [5.74, 6) is 1.33. The minimum atomic E-state index is -0.979. The van der Waals surface area contributed by atoms with Crippen molar-refractivity contribution in [1.82, 2.24) is 9.97 Å². The Kier molecular flexibility index (Phi) is 4.80. The van der Waals surface area contributed by atoms with Gasteiger partial charge in [0.15, 0.2) is 0 Å². The first-order valence-electron chi connectivity index (χ1n) is 8.83. The Hall–Kier alpha value is -1.27. The van der Waals surface area contributed by atoms with Gasteiger partial charge in [0.2, 0.25) is 0 Å². The predicted octanol–water partition coefficient (Wildman–Crippen LogP) is 4.47. The molecule has 0 spiro atoms. The second kappa shape index (κ2) is 6.56. The van der Waals surface area contributed by atoms with Crippen LogP contribution in [0.1, 0.15) is 77.1 Å². The van der Waals surface area contributed by atoms with Crippen LogP contribution in [0.15, 0.2) is 18.1 Å². The van der Waals surface area contributed by atoms with Gasteiger partial charge in [-0.2, -0.15) is 0 Å². The summed E-state index contributed by atoms with van der Waals surface area (Å²) in [6.07, 6.45) is 10.8. The van der Waals surface area contributed by atoms with E-state index in [-0.39, 0.29) is 0 Å². The smallest absolute Gasteiger partial charge is 0.398 e. The van der Waals surface area contributed by atoms with Crippen molar-refractivity contribution in [3.05, 3.63) is 29.5 Å². The Morgan fingerprint density at radius 1 is 1.08 bits per heavy atom. The van der Waals surface area contributed by atoms with Crippen molar-refractivity contribution in [2.45, 2.75) is 76.9 Å². The van der Waals surface area contributed by atoms with Crippen LogP contribution in [0.25, 0.3) is 6.08 Å². The molecular formula is C18H26BFN2O2. The number of rotatable bonds is 3. The van der Waals surface area contributed by atoms with Gasteiger partial charge in [-0.3, -0.25) is 0 Å². The molecule has 0 unspecified atom stereocenters. The van der Waals surface area contributed by atoms with E-state index in [2.05, 4.69) is 9.97 Å². The van der Waals surface area contributed by atoms with Gasteiger partial charge < -0.3 is 9.31 Å². The number of hydrogen-bond acceptors (Lipinski definition) is 4. The van der Waals surface area contributed by atoms with Gasteiger partial charge in [-0.1, -0.05) is 19.3 Å². The van der Waals surface area contributed by atoms with Crippen LogP contribution in [0.2, 0.25) is 0 Å². The summed E-state index contributed by atoms with van der Waals surface area (Å²) < 4.78 is 25.9. The monoisotopic (exact) mass is 332 g/mol. The maximum absolute atomic E-state index is 14.5. The number of aromatic nitrogens is 2. The molecule has 130 valence electrons. The standard InChI is InChI=1S/C18H26BFN2O2/c1-17(2)18(3,4)24-19(23-17)15(20)10-13-11-21-16(22-12-13)14-8-6-5-7-9-14/h10-12,14H,5-9H2,1-4H3. The van der Waals surface area contributed by atoms with E-state index < -0.39 is 24.0 Å². The molecule has 1 aliphatic carbocycles. The normalized spacial score (nSPS) is 24.4. The van der Waals surface area contributed by atoms with Crippen molar-refractivity contribution in [2.24, 2.45) is 0 Å². The molecule has 0 atom stereocenters. The summed E-state index contributed by atoms with van der Waals surface area (Å²) >= 11 is 0. The van der Waals surface area contributed by atoms with Gasteiger partial charge in [-0.15, -0.1) is 0 Å². The quantitative estimate of drug-likeness (QED) is 0.766. The lowest BCUT2D eigenvalue weighted by molar-refractivity contribution is 0.00578. The van der Waals surface area contributed by atoms with E-state index in [1.54, 1.807) is 12.4 Å². The molecule has 0 radical (unpaired) electrons. The highest BCUT2D eigenvalue weighted by molar-refractivity contribution is 6.54. The lowest BCUT2D eigenvalue weighted by Crippen LogP contribution is -2.41. The van der Waals surface area contributed by atoms with Crippen LogP contribution in [0.5, 0.6) is 0 Å². The Bertz CT molecular complexity index is 594. The van der Waals surface area contributed by atoms with Crippen molar-refractivity contribution in [3.63, 3.8) is 0 Å².